The maximum absolute atomic E-state index is 14.5. The minimum absolute atomic E-state index is 0.211. The summed E-state index contributed by atoms with van der Waals surface area (Å²) >= 11 is 6.24. The lowest BCUT2D eigenvalue weighted by molar-refractivity contribution is 0.101. The van der Waals surface area contributed by atoms with E-state index in [1.54, 1.807) is 18.2 Å². The maximum atomic E-state index is 14.5. The molecule has 5 rings (SSSR count). The van der Waals surface area contributed by atoms with Crippen LogP contribution in [0.15, 0.2) is 54.9 Å². The molecule has 1 N–H and O–H groups in total. The van der Waals surface area contributed by atoms with Gasteiger partial charge in [-0.1, -0.05) is 29.5 Å². The smallest absolute Gasteiger partial charge is 0.157 e. The summed E-state index contributed by atoms with van der Waals surface area (Å²) in [6.07, 6.45) is 2.62. The van der Waals surface area contributed by atoms with Crippen LogP contribution in [-0.2, 0) is 5.60 Å². The van der Waals surface area contributed by atoms with Crippen LogP contribution in [-0.4, -0.2) is 15.0 Å². The van der Waals surface area contributed by atoms with Gasteiger partial charge in [0.05, 0.1) is 28.0 Å². The van der Waals surface area contributed by atoms with Crippen LogP contribution in [0.4, 0.5) is 8.78 Å². The summed E-state index contributed by atoms with van der Waals surface area (Å²) in [6, 6.07) is 11.5. The van der Waals surface area contributed by atoms with Crippen molar-refractivity contribution in [3.05, 3.63) is 88.3 Å². The minimum Gasteiger partial charge on any atom is -0.481 e. The van der Waals surface area contributed by atoms with Crippen LogP contribution in [0, 0.1) is 23.5 Å². The number of rotatable bonds is 1. The van der Waals surface area contributed by atoms with Crippen LogP contribution in [0.1, 0.15) is 30.7 Å². The summed E-state index contributed by atoms with van der Waals surface area (Å²) in [5, 5.41) is 0.268. The molecule has 0 aliphatic carbocycles. The fourth-order valence-corrected chi connectivity index (χ4v) is 3.93. The van der Waals surface area contributed by atoms with Crippen molar-refractivity contribution in [1.29, 1.82) is 0 Å². The number of imidazole rings is 1. The molecule has 1 aliphatic rings. The van der Waals surface area contributed by atoms with Gasteiger partial charge in [-0.25, -0.2) is 13.8 Å². The second-order valence-electron chi connectivity index (χ2n) is 7.83. The molecular formula is C25H16ClF2N3O. The Kier molecular flexibility index (Phi) is 4.72. The van der Waals surface area contributed by atoms with Crippen LogP contribution in [0.2, 0.25) is 5.02 Å². The maximum Gasteiger partial charge on any atom is 0.157 e. The van der Waals surface area contributed by atoms with Crippen molar-refractivity contribution in [2.24, 2.45) is 0 Å². The standard InChI is InChI=1S/C25H16ClF2N3O/c1-25(2)23-22(30-24(31-23)21-17(26)4-3-5-18(21)27)16-9-7-14(12-20(16)32-25)6-8-15-10-11-29-13-19(15)28/h3-5,7,9-13H,1-2H3,(H,30,31). The quantitative estimate of drug-likeness (QED) is 0.359. The number of fused-ring (bicyclic) bond motifs is 3. The normalized spacial score (nSPS) is 13.4. The largest absolute Gasteiger partial charge is 0.481 e. The van der Waals surface area contributed by atoms with Gasteiger partial charge in [0.15, 0.2) is 5.82 Å². The third kappa shape index (κ3) is 3.41. The molecule has 7 heteroatoms. The first-order chi connectivity index (χ1) is 15.3. The molecule has 3 heterocycles. The Hall–Kier alpha value is -3.69. The Morgan fingerprint density at radius 3 is 2.69 bits per heavy atom. The number of nitrogens with zero attached hydrogens (tertiary/aromatic N) is 2. The van der Waals surface area contributed by atoms with Gasteiger partial charge in [-0.05, 0) is 50.2 Å². The second kappa shape index (κ2) is 7.47. The molecule has 4 aromatic rings. The van der Waals surface area contributed by atoms with Gasteiger partial charge in [-0.3, -0.25) is 4.98 Å². The van der Waals surface area contributed by atoms with Crippen molar-refractivity contribution < 1.29 is 13.5 Å². The number of aromatic nitrogens is 3. The Bertz CT molecular complexity index is 1410. The van der Waals surface area contributed by atoms with Crippen molar-refractivity contribution in [2.45, 2.75) is 19.4 Å². The third-order valence-corrected chi connectivity index (χ3v) is 5.52. The molecule has 0 bridgehead atoms. The molecule has 0 saturated carbocycles. The van der Waals surface area contributed by atoms with Crippen LogP contribution in [0.5, 0.6) is 5.75 Å². The van der Waals surface area contributed by atoms with Crippen LogP contribution >= 0.6 is 11.6 Å². The van der Waals surface area contributed by atoms with Gasteiger partial charge in [-0.15, -0.1) is 0 Å². The van der Waals surface area contributed by atoms with Crippen LogP contribution in [0.25, 0.3) is 22.6 Å². The molecule has 0 spiro atoms. The number of pyridine rings is 1. The van der Waals surface area contributed by atoms with Gasteiger partial charge in [0.25, 0.3) is 0 Å². The lowest BCUT2D eigenvalue weighted by Crippen LogP contribution is -2.29. The van der Waals surface area contributed by atoms with E-state index in [1.165, 1.54) is 18.3 Å². The molecule has 158 valence electrons. The number of hydrogen-bond acceptors (Lipinski definition) is 3. The van der Waals surface area contributed by atoms with E-state index in [9.17, 15) is 8.78 Å². The highest BCUT2D eigenvalue weighted by molar-refractivity contribution is 6.33. The van der Waals surface area contributed by atoms with E-state index in [2.05, 4.69) is 26.8 Å². The first kappa shape index (κ1) is 20.2. The summed E-state index contributed by atoms with van der Waals surface area (Å²) in [5.41, 5.74) is 2.51. The molecule has 32 heavy (non-hydrogen) atoms. The first-order valence-electron chi connectivity index (χ1n) is 9.83. The first-order valence-corrected chi connectivity index (χ1v) is 10.2. The van der Waals surface area contributed by atoms with E-state index in [0.29, 0.717) is 22.8 Å². The van der Waals surface area contributed by atoms with Crippen LogP contribution < -0.4 is 4.74 Å². The van der Waals surface area contributed by atoms with Crippen LogP contribution in [0.3, 0.4) is 0 Å². The summed E-state index contributed by atoms with van der Waals surface area (Å²) in [6.45, 7) is 3.76. The van der Waals surface area contributed by atoms with Gasteiger partial charge in [0.2, 0.25) is 0 Å². The predicted octanol–water partition coefficient (Wildman–Crippen LogP) is 6.10. The van der Waals surface area contributed by atoms with Crippen molar-refractivity contribution >= 4 is 11.6 Å². The fourth-order valence-electron chi connectivity index (χ4n) is 3.68. The van der Waals surface area contributed by atoms with E-state index in [1.807, 2.05) is 26.0 Å². The highest BCUT2D eigenvalue weighted by Gasteiger charge is 2.37. The number of benzene rings is 2. The summed E-state index contributed by atoms with van der Waals surface area (Å²) in [4.78, 5) is 11.6. The Morgan fingerprint density at radius 1 is 1.06 bits per heavy atom. The molecule has 2 aromatic carbocycles. The summed E-state index contributed by atoms with van der Waals surface area (Å²) in [5.74, 6) is 5.77. The number of aromatic amines is 1. The molecule has 0 saturated heterocycles. The van der Waals surface area contributed by atoms with Crippen molar-refractivity contribution in [3.63, 3.8) is 0 Å². The Labute approximate surface area is 188 Å². The van der Waals surface area contributed by atoms with Gasteiger partial charge in [0, 0.05) is 17.3 Å². The highest BCUT2D eigenvalue weighted by atomic mass is 35.5. The third-order valence-electron chi connectivity index (χ3n) is 5.20. The van der Waals surface area contributed by atoms with Crippen molar-refractivity contribution in [2.75, 3.05) is 0 Å². The number of halogens is 3. The Balaban J connectivity index is 1.59. The molecule has 0 radical (unpaired) electrons. The topological polar surface area (TPSA) is 50.8 Å². The molecule has 1 aliphatic heterocycles. The molecule has 4 nitrogen and oxygen atoms in total. The Morgan fingerprint density at radius 2 is 1.91 bits per heavy atom. The fraction of sp³-hybridized carbons (Fsp3) is 0.120. The van der Waals surface area contributed by atoms with E-state index in [0.717, 1.165) is 17.5 Å². The molecule has 0 amide bonds. The summed E-state index contributed by atoms with van der Waals surface area (Å²) in [7, 11) is 0. The van der Waals surface area contributed by atoms with Gasteiger partial charge in [-0.2, -0.15) is 0 Å². The molecule has 0 fully saturated rings. The van der Waals surface area contributed by atoms with Gasteiger partial charge >= 0.3 is 0 Å². The van der Waals surface area contributed by atoms with Gasteiger partial charge in [0.1, 0.15) is 28.7 Å². The monoisotopic (exact) mass is 447 g/mol. The SMILES string of the molecule is CC1(C)Oc2cc(C#Cc3ccncc3F)ccc2-c2[nH]c(-c3c(F)cccc3Cl)nc21. The van der Waals surface area contributed by atoms with E-state index >= 15 is 0 Å². The van der Waals surface area contributed by atoms with Gasteiger partial charge < -0.3 is 9.72 Å². The molecular weight excluding hydrogens is 432 g/mol. The predicted molar refractivity (Wildman–Crippen MR) is 118 cm³/mol. The lowest BCUT2D eigenvalue weighted by Gasteiger charge is -2.31. The molecule has 2 aromatic heterocycles. The summed E-state index contributed by atoms with van der Waals surface area (Å²) < 4.78 is 34.5. The van der Waals surface area contributed by atoms with Crippen molar-refractivity contribution in [1.82, 2.24) is 15.0 Å². The minimum atomic E-state index is -0.780. The number of hydrogen-bond donors (Lipinski definition) is 1. The second-order valence-corrected chi connectivity index (χ2v) is 8.24. The number of H-pyrrole nitrogens is 1. The number of ether oxygens (including phenoxy) is 1. The average molecular weight is 448 g/mol. The van der Waals surface area contributed by atoms with Crippen molar-refractivity contribution in [3.8, 4) is 40.2 Å². The zero-order chi connectivity index (χ0) is 22.5. The zero-order valence-electron chi connectivity index (χ0n) is 17.1. The highest BCUT2D eigenvalue weighted by Crippen LogP contribution is 2.45. The molecule has 0 unspecified atom stereocenters. The molecule has 0 atom stereocenters. The lowest BCUT2D eigenvalue weighted by atomic mass is 9.94. The van der Waals surface area contributed by atoms with E-state index in [4.69, 9.17) is 16.3 Å². The van der Waals surface area contributed by atoms with E-state index < -0.39 is 17.2 Å². The zero-order valence-corrected chi connectivity index (χ0v) is 17.9. The number of nitrogens with one attached hydrogen (secondary N) is 1. The van der Waals surface area contributed by atoms with E-state index in [-0.39, 0.29) is 16.1 Å². The average Bonchev–Trinajstić information content (AvgIpc) is 3.19.